The number of aromatic hydroxyl groups is 1. The van der Waals surface area contributed by atoms with Gasteiger partial charge in [-0.3, -0.25) is 0 Å². The Morgan fingerprint density at radius 1 is 1.13 bits per heavy atom. The highest BCUT2D eigenvalue weighted by molar-refractivity contribution is 5.87. The van der Waals surface area contributed by atoms with Crippen LogP contribution >= 0.6 is 0 Å². The summed E-state index contributed by atoms with van der Waals surface area (Å²) in [5.41, 5.74) is 9.36. The SMILES string of the molecule is C[C@]1(c2ccc(C(=O)O)cc2)CCCN(c2cc(-c3ccccc3O)nnc2N)C1. The molecule has 1 aliphatic heterocycles. The predicted octanol–water partition coefficient (Wildman–Crippen LogP) is 3.69. The van der Waals surface area contributed by atoms with E-state index in [-0.39, 0.29) is 16.7 Å². The fraction of sp³-hybridized carbons (Fsp3) is 0.261. The van der Waals surface area contributed by atoms with Crippen LogP contribution in [0.3, 0.4) is 0 Å². The molecule has 7 heteroatoms. The van der Waals surface area contributed by atoms with Crippen LogP contribution in [-0.4, -0.2) is 39.5 Å². The van der Waals surface area contributed by atoms with Crippen molar-refractivity contribution in [2.45, 2.75) is 25.2 Å². The lowest BCUT2D eigenvalue weighted by molar-refractivity contribution is 0.0697. The van der Waals surface area contributed by atoms with Gasteiger partial charge in [-0.05, 0) is 48.7 Å². The fourth-order valence-corrected chi connectivity index (χ4v) is 4.16. The smallest absolute Gasteiger partial charge is 0.335 e. The van der Waals surface area contributed by atoms with Gasteiger partial charge in [0.2, 0.25) is 0 Å². The number of phenols is 1. The van der Waals surface area contributed by atoms with E-state index >= 15 is 0 Å². The lowest BCUT2D eigenvalue weighted by atomic mass is 9.75. The molecule has 0 radical (unpaired) electrons. The summed E-state index contributed by atoms with van der Waals surface area (Å²) in [5.74, 6) is -0.437. The van der Waals surface area contributed by atoms with Gasteiger partial charge in [0.25, 0.3) is 0 Å². The van der Waals surface area contributed by atoms with Crippen LogP contribution in [0.25, 0.3) is 11.3 Å². The van der Waals surface area contributed by atoms with Gasteiger partial charge in [0.05, 0.1) is 16.9 Å². The number of carboxylic acids is 1. The van der Waals surface area contributed by atoms with Gasteiger partial charge in [-0.1, -0.05) is 31.2 Å². The van der Waals surface area contributed by atoms with Gasteiger partial charge in [0, 0.05) is 24.1 Å². The zero-order valence-corrected chi connectivity index (χ0v) is 16.7. The predicted molar refractivity (Wildman–Crippen MR) is 116 cm³/mol. The summed E-state index contributed by atoms with van der Waals surface area (Å²) in [6.45, 7) is 3.73. The molecule has 30 heavy (non-hydrogen) atoms. The van der Waals surface area contributed by atoms with Crippen molar-refractivity contribution < 1.29 is 15.0 Å². The number of piperidine rings is 1. The van der Waals surface area contributed by atoms with E-state index in [9.17, 15) is 9.90 Å². The van der Waals surface area contributed by atoms with E-state index in [1.807, 2.05) is 24.3 Å². The average molecular weight is 404 g/mol. The van der Waals surface area contributed by atoms with Crippen LogP contribution in [0.4, 0.5) is 11.5 Å². The van der Waals surface area contributed by atoms with E-state index in [1.165, 1.54) is 0 Å². The highest BCUT2D eigenvalue weighted by atomic mass is 16.4. The zero-order chi connectivity index (χ0) is 21.3. The summed E-state index contributed by atoms with van der Waals surface area (Å²) >= 11 is 0. The summed E-state index contributed by atoms with van der Waals surface area (Å²) in [6.07, 6.45) is 1.95. The first kappa shape index (κ1) is 19.7. The molecule has 3 aromatic rings. The first-order valence-corrected chi connectivity index (χ1v) is 9.88. The first-order valence-electron chi connectivity index (χ1n) is 9.88. The van der Waals surface area contributed by atoms with E-state index < -0.39 is 5.97 Å². The van der Waals surface area contributed by atoms with Crippen molar-refractivity contribution in [2.24, 2.45) is 0 Å². The largest absolute Gasteiger partial charge is 0.507 e. The third-order valence-electron chi connectivity index (χ3n) is 5.85. The molecular weight excluding hydrogens is 380 g/mol. The lowest BCUT2D eigenvalue weighted by Gasteiger charge is -2.42. The second kappa shape index (κ2) is 7.67. The van der Waals surface area contributed by atoms with Gasteiger partial charge < -0.3 is 20.8 Å². The first-order chi connectivity index (χ1) is 14.4. The van der Waals surface area contributed by atoms with Crippen LogP contribution in [0.1, 0.15) is 35.7 Å². The number of carbonyl (C=O) groups is 1. The van der Waals surface area contributed by atoms with Crippen LogP contribution < -0.4 is 10.6 Å². The van der Waals surface area contributed by atoms with Crippen molar-refractivity contribution in [3.8, 4) is 17.0 Å². The minimum absolute atomic E-state index is 0.143. The molecule has 7 nitrogen and oxygen atoms in total. The van der Waals surface area contributed by atoms with Crippen LogP contribution in [0.5, 0.6) is 5.75 Å². The summed E-state index contributed by atoms with van der Waals surface area (Å²) < 4.78 is 0. The molecule has 1 aliphatic rings. The molecule has 4 N–H and O–H groups in total. The monoisotopic (exact) mass is 404 g/mol. The Morgan fingerprint density at radius 3 is 2.57 bits per heavy atom. The van der Waals surface area contributed by atoms with Crippen LogP contribution in [0.2, 0.25) is 0 Å². The molecule has 0 spiro atoms. The Hall–Kier alpha value is -3.61. The number of nitrogen functional groups attached to an aromatic ring is 1. The second-order valence-electron chi connectivity index (χ2n) is 7.99. The Bertz CT molecular complexity index is 1080. The standard InChI is InChI=1S/C23H24N4O3/c1-23(16-9-7-15(8-10-16)22(29)30)11-4-12-27(14-23)19-13-18(25-26-21(19)24)17-5-2-3-6-20(17)28/h2-3,5-10,13,28H,4,11-12,14H2,1H3,(H2,24,26)(H,29,30)/t23-/m0/s1. The minimum atomic E-state index is -0.927. The number of aromatic carboxylic acids is 1. The van der Waals surface area contributed by atoms with Crippen LogP contribution in [-0.2, 0) is 5.41 Å². The molecular formula is C23H24N4O3. The van der Waals surface area contributed by atoms with Gasteiger partial charge in [-0.15, -0.1) is 10.2 Å². The summed E-state index contributed by atoms with van der Waals surface area (Å²) in [7, 11) is 0. The maximum Gasteiger partial charge on any atom is 0.335 e. The number of benzene rings is 2. The number of rotatable bonds is 4. The number of phenolic OH excluding ortho intramolecular Hbond substituents is 1. The van der Waals surface area contributed by atoms with Gasteiger partial charge >= 0.3 is 5.97 Å². The average Bonchev–Trinajstić information content (AvgIpc) is 2.75. The number of hydrogen-bond donors (Lipinski definition) is 3. The minimum Gasteiger partial charge on any atom is -0.507 e. The van der Waals surface area contributed by atoms with Gasteiger partial charge in [0.1, 0.15) is 5.75 Å². The van der Waals surface area contributed by atoms with Crippen molar-refractivity contribution in [1.82, 2.24) is 10.2 Å². The number of aromatic nitrogens is 2. The normalized spacial score (nSPS) is 18.9. The van der Waals surface area contributed by atoms with E-state index in [1.54, 1.807) is 30.3 Å². The highest BCUT2D eigenvalue weighted by Crippen LogP contribution is 2.38. The van der Waals surface area contributed by atoms with Crippen molar-refractivity contribution in [2.75, 3.05) is 23.7 Å². The third kappa shape index (κ3) is 3.66. The molecule has 1 fully saturated rings. The third-order valence-corrected chi connectivity index (χ3v) is 5.85. The number of anilines is 2. The van der Waals surface area contributed by atoms with E-state index in [0.29, 0.717) is 17.1 Å². The molecule has 0 aliphatic carbocycles. The Morgan fingerprint density at radius 2 is 1.87 bits per heavy atom. The van der Waals surface area contributed by atoms with E-state index in [0.717, 1.165) is 37.2 Å². The topological polar surface area (TPSA) is 113 Å². The summed E-state index contributed by atoms with van der Waals surface area (Å²) in [6, 6.07) is 16.0. The number of hydrogen-bond acceptors (Lipinski definition) is 6. The number of carboxylic acid groups (broad SMARTS) is 1. The maximum absolute atomic E-state index is 11.2. The van der Waals surface area contributed by atoms with Crippen LogP contribution in [0.15, 0.2) is 54.6 Å². The quantitative estimate of drug-likeness (QED) is 0.608. The summed E-state index contributed by atoms with van der Waals surface area (Å²) in [5, 5.41) is 27.6. The Labute approximate surface area is 174 Å². The lowest BCUT2D eigenvalue weighted by Crippen LogP contribution is -2.44. The summed E-state index contributed by atoms with van der Waals surface area (Å²) in [4.78, 5) is 13.4. The molecule has 4 rings (SSSR count). The van der Waals surface area contributed by atoms with Crippen molar-refractivity contribution in [1.29, 1.82) is 0 Å². The van der Waals surface area contributed by atoms with Crippen molar-refractivity contribution in [3.63, 3.8) is 0 Å². The van der Waals surface area contributed by atoms with E-state index in [4.69, 9.17) is 10.8 Å². The van der Waals surface area contributed by atoms with Crippen molar-refractivity contribution in [3.05, 3.63) is 65.7 Å². The molecule has 1 saturated heterocycles. The fourth-order valence-electron chi connectivity index (χ4n) is 4.16. The molecule has 2 heterocycles. The van der Waals surface area contributed by atoms with Gasteiger partial charge in [-0.2, -0.15) is 0 Å². The van der Waals surface area contributed by atoms with Gasteiger partial charge in [0.15, 0.2) is 5.82 Å². The molecule has 1 atom stereocenters. The molecule has 0 bridgehead atoms. The molecule has 0 amide bonds. The molecule has 0 unspecified atom stereocenters. The van der Waals surface area contributed by atoms with Gasteiger partial charge in [-0.25, -0.2) is 4.79 Å². The maximum atomic E-state index is 11.2. The number of nitrogens with zero attached hydrogens (tertiary/aromatic N) is 3. The number of nitrogens with two attached hydrogens (primary N) is 1. The molecule has 2 aromatic carbocycles. The molecule has 1 aromatic heterocycles. The Balaban J connectivity index is 1.65. The highest BCUT2D eigenvalue weighted by Gasteiger charge is 2.34. The van der Waals surface area contributed by atoms with E-state index in [2.05, 4.69) is 22.0 Å². The number of para-hydroxylation sites is 1. The van der Waals surface area contributed by atoms with Crippen LogP contribution in [0, 0.1) is 0 Å². The Kier molecular flexibility index (Phi) is 5.03. The van der Waals surface area contributed by atoms with Crippen molar-refractivity contribution >= 4 is 17.5 Å². The second-order valence-corrected chi connectivity index (χ2v) is 7.99. The molecule has 0 saturated carbocycles. The molecule has 154 valence electrons. The zero-order valence-electron chi connectivity index (χ0n) is 16.7.